The second kappa shape index (κ2) is 7.70. The smallest absolute Gasteiger partial charge is 0.119 e. The van der Waals surface area contributed by atoms with Gasteiger partial charge in [-0.05, 0) is 48.2 Å². The van der Waals surface area contributed by atoms with Crippen LogP contribution in [0.1, 0.15) is 30.5 Å². The third-order valence-electron chi connectivity index (χ3n) is 3.40. The first kappa shape index (κ1) is 15.4. The summed E-state index contributed by atoms with van der Waals surface area (Å²) in [5, 5.41) is 0. The molecule has 2 N–H and O–H groups in total. The van der Waals surface area contributed by atoms with Crippen molar-refractivity contribution in [3.8, 4) is 11.5 Å². The van der Waals surface area contributed by atoms with Gasteiger partial charge in [0.2, 0.25) is 0 Å². The summed E-state index contributed by atoms with van der Waals surface area (Å²) in [6.07, 6.45) is 1.82. The van der Waals surface area contributed by atoms with Crippen LogP contribution in [0, 0.1) is 0 Å². The van der Waals surface area contributed by atoms with Gasteiger partial charge >= 0.3 is 0 Å². The highest BCUT2D eigenvalue weighted by molar-refractivity contribution is 5.32. The Hall–Kier alpha value is -2.00. The van der Waals surface area contributed by atoms with Gasteiger partial charge in [-0.15, -0.1) is 0 Å². The normalized spacial score (nSPS) is 12.0. The van der Waals surface area contributed by atoms with E-state index < -0.39 is 0 Å². The fraction of sp³-hybridized carbons (Fsp3) is 0.333. The first-order chi connectivity index (χ1) is 10.2. The quantitative estimate of drug-likeness (QED) is 0.843. The predicted molar refractivity (Wildman–Crippen MR) is 85.9 cm³/mol. The van der Waals surface area contributed by atoms with Gasteiger partial charge in [0.1, 0.15) is 11.5 Å². The van der Waals surface area contributed by atoms with Crippen molar-refractivity contribution in [3.63, 3.8) is 0 Å². The molecule has 0 radical (unpaired) electrons. The number of hydrogen-bond donors (Lipinski definition) is 1. The van der Waals surface area contributed by atoms with Gasteiger partial charge < -0.3 is 15.2 Å². The van der Waals surface area contributed by atoms with E-state index in [-0.39, 0.29) is 6.04 Å². The van der Waals surface area contributed by atoms with Crippen molar-refractivity contribution in [1.29, 1.82) is 0 Å². The van der Waals surface area contributed by atoms with Crippen LogP contribution < -0.4 is 15.2 Å². The molecule has 0 spiro atoms. The van der Waals surface area contributed by atoms with Gasteiger partial charge in [-0.2, -0.15) is 0 Å². The zero-order chi connectivity index (χ0) is 15.1. The summed E-state index contributed by atoms with van der Waals surface area (Å²) in [6, 6.07) is 16.1. The summed E-state index contributed by atoms with van der Waals surface area (Å²) in [5.74, 6) is 1.77. The van der Waals surface area contributed by atoms with Crippen LogP contribution in [0.4, 0.5) is 0 Å². The summed E-state index contributed by atoms with van der Waals surface area (Å²) >= 11 is 0. The highest BCUT2D eigenvalue weighted by Crippen LogP contribution is 2.21. The average Bonchev–Trinajstić information content (AvgIpc) is 2.54. The van der Waals surface area contributed by atoms with Crippen molar-refractivity contribution in [3.05, 3.63) is 59.7 Å². The van der Waals surface area contributed by atoms with E-state index in [9.17, 15) is 0 Å². The third-order valence-corrected chi connectivity index (χ3v) is 3.40. The molecule has 2 rings (SSSR count). The second-order valence-corrected chi connectivity index (χ2v) is 5.08. The summed E-state index contributed by atoms with van der Waals surface area (Å²) in [6.45, 7) is 2.84. The number of benzene rings is 2. The van der Waals surface area contributed by atoms with Crippen molar-refractivity contribution in [2.75, 3.05) is 13.7 Å². The Morgan fingerprint density at radius 2 is 1.57 bits per heavy atom. The largest absolute Gasteiger partial charge is 0.497 e. The standard InChI is InChI=1S/C18H23NO2/c1-3-12-21-17-10-6-15(7-11-17)18(19)13-14-4-8-16(20-2)9-5-14/h4-11,18H,3,12-13,19H2,1-2H3. The Morgan fingerprint density at radius 1 is 0.952 bits per heavy atom. The molecular formula is C18H23NO2. The molecular weight excluding hydrogens is 262 g/mol. The van der Waals surface area contributed by atoms with Crippen LogP contribution in [-0.4, -0.2) is 13.7 Å². The minimum absolute atomic E-state index is 0.0152. The lowest BCUT2D eigenvalue weighted by Crippen LogP contribution is -2.13. The average molecular weight is 285 g/mol. The molecule has 0 amide bonds. The van der Waals surface area contributed by atoms with Crippen LogP contribution in [-0.2, 0) is 6.42 Å². The summed E-state index contributed by atoms with van der Waals surface area (Å²) in [4.78, 5) is 0. The van der Waals surface area contributed by atoms with Crippen molar-refractivity contribution in [1.82, 2.24) is 0 Å². The maximum atomic E-state index is 6.28. The SMILES string of the molecule is CCCOc1ccc(C(N)Cc2ccc(OC)cc2)cc1. The van der Waals surface area contributed by atoms with Crippen molar-refractivity contribution >= 4 is 0 Å². The number of nitrogens with two attached hydrogens (primary N) is 1. The lowest BCUT2D eigenvalue weighted by molar-refractivity contribution is 0.317. The van der Waals surface area contributed by atoms with Crippen molar-refractivity contribution in [2.24, 2.45) is 5.73 Å². The topological polar surface area (TPSA) is 44.5 Å². The fourth-order valence-electron chi connectivity index (χ4n) is 2.16. The van der Waals surface area contributed by atoms with Gasteiger partial charge in [-0.1, -0.05) is 31.2 Å². The van der Waals surface area contributed by atoms with Gasteiger partial charge in [-0.25, -0.2) is 0 Å². The van der Waals surface area contributed by atoms with E-state index in [0.717, 1.165) is 36.5 Å². The number of methoxy groups -OCH3 is 1. The zero-order valence-electron chi connectivity index (χ0n) is 12.7. The highest BCUT2D eigenvalue weighted by Gasteiger charge is 2.07. The number of hydrogen-bond acceptors (Lipinski definition) is 3. The van der Waals surface area contributed by atoms with E-state index in [4.69, 9.17) is 15.2 Å². The molecule has 0 saturated carbocycles. The van der Waals surface area contributed by atoms with Gasteiger partial charge in [-0.3, -0.25) is 0 Å². The highest BCUT2D eigenvalue weighted by atomic mass is 16.5. The molecule has 21 heavy (non-hydrogen) atoms. The molecule has 2 aromatic carbocycles. The fourth-order valence-corrected chi connectivity index (χ4v) is 2.16. The molecule has 2 aromatic rings. The van der Waals surface area contributed by atoms with Crippen LogP contribution in [0.2, 0.25) is 0 Å². The Kier molecular flexibility index (Phi) is 5.64. The molecule has 3 heteroatoms. The molecule has 0 aliphatic heterocycles. The monoisotopic (exact) mass is 285 g/mol. The molecule has 3 nitrogen and oxygen atoms in total. The van der Waals surface area contributed by atoms with Crippen molar-refractivity contribution < 1.29 is 9.47 Å². The van der Waals surface area contributed by atoms with Gasteiger partial charge in [0.05, 0.1) is 13.7 Å². The van der Waals surface area contributed by atoms with E-state index in [0.29, 0.717) is 0 Å². The first-order valence-corrected chi connectivity index (χ1v) is 7.34. The lowest BCUT2D eigenvalue weighted by Gasteiger charge is -2.13. The third kappa shape index (κ3) is 4.50. The Bertz CT molecular complexity index is 534. The summed E-state index contributed by atoms with van der Waals surface area (Å²) < 4.78 is 10.7. The minimum atomic E-state index is -0.0152. The van der Waals surface area contributed by atoms with Gasteiger partial charge in [0, 0.05) is 6.04 Å². The number of ether oxygens (including phenoxy) is 2. The predicted octanol–water partition coefficient (Wildman–Crippen LogP) is 3.73. The maximum Gasteiger partial charge on any atom is 0.119 e. The molecule has 0 aromatic heterocycles. The van der Waals surface area contributed by atoms with E-state index in [1.54, 1.807) is 7.11 Å². The molecule has 0 aliphatic carbocycles. The van der Waals surface area contributed by atoms with E-state index in [1.807, 2.05) is 36.4 Å². The molecule has 112 valence electrons. The van der Waals surface area contributed by atoms with Gasteiger partial charge in [0.15, 0.2) is 0 Å². The minimum Gasteiger partial charge on any atom is -0.497 e. The maximum absolute atomic E-state index is 6.28. The van der Waals surface area contributed by atoms with Gasteiger partial charge in [0.25, 0.3) is 0 Å². The molecule has 0 aliphatic rings. The molecule has 1 atom stereocenters. The van der Waals surface area contributed by atoms with E-state index >= 15 is 0 Å². The Labute approximate surface area is 126 Å². The molecule has 0 heterocycles. The molecule has 0 saturated heterocycles. The Morgan fingerprint density at radius 3 is 2.14 bits per heavy atom. The van der Waals surface area contributed by atoms with Crippen LogP contribution in [0.5, 0.6) is 11.5 Å². The molecule has 1 unspecified atom stereocenters. The molecule has 0 bridgehead atoms. The molecule has 0 fully saturated rings. The van der Waals surface area contributed by atoms with Crippen molar-refractivity contribution in [2.45, 2.75) is 25.8 Å². The van der Waals surface area contributed by atoms with Crippen LogP contribution in [0.3, 0.4) is 0 Å². The van der Waals surface area contributed by atoms with Crippen LogP contribution in [0.25, 0.3) is 0 Å². The summed E-state index contributed by atoms with van der Waals surface area (Å²) in [5.41, 5.74) is 8.60. The zero-order valence-corrected chi connectivity index (χ0v) is 12.7. The van der Waals surface area contributed by atoms with Crippen LogP contribution in [0.15, 0.2) is 48.5 Å². The number of rotatable bonds is 7. The van der Waals surface area contributed by atoms with E-state index in [1.165, 1.54) is 5.56 Å². The second-order valence-electron chi connectivity index (χ2n) is 5.08. The van der Waals surface area contributed by atoms with E-state index in [2.05, 4.69) is 19.1 Å². The summed E-state index contributed by atoms with van der Waals surface area (Å²) in [7, 11) is 1.67. The first-order valence-electron chi connectivity index (χ1n) is 7.34. The van der Waals surface area contributed by atoms with Crippen LogP contribution >= 0.6 is 0 Å². The Balaban J connectivity index is 1.96. The lowest BCUT2D eigenvalue weighted by atomic mass is 9.99.